The van der Waals surface area contributed by atoms with Crippen LogP contribution in [0, 0.1) is 6.92 Å². The van der Waals surface area contributed by atoms with Crippen LogP contribution in [0.2, 0.25) is 0 Å². The van der Waals surface area contributed by atoms with Crippen LogP contribution < -0.4 is 5.63 Å². The van der Waals surface area contributed by atoms with Crippen LogP contribution in [0.5, 0.6) is 5.75 Å². The highest BCUT2D eigenvalue weighted by molar-refractivity contribution is 9.10. The van der Waals surface area contributed by atoms with E-state index in [9.17, 15) is 9.90 Å². The van der Waals surface area contributed by atoms with Crippen molar-refractivity contribution in [2.24, 2.45) is 0 Å². The van der Waals surface area contributed by atoms with Gasteiger partial charge in [0.1, 0.15) is 11.5 Å². The Morgan fingerprint density at radius 1 is 1.21 bits per heavy atom. The van der Waals surface area contributed by atoms with Crippen LogP contribution in [-0.2, 0) is 12.8 Å². The van der Waals surface area contributed by atoms with Crippen molar-refractivity contribution < 1.29 is 9.52 Å². The minimum Gasteiger partial charge on any atom is -0.506 e. The predicted molar refractivity (Wildman–Crippen MR) is 77.5 cm³/mol. The predicted octanol–water partition coefficient (Wildman–Crippen LogP) is 3.59. The van der Waals surface area contributed by atoms with Gasteiger partial charge in [0.25, 0.3) is 0 Å². The first-order valence-corrected chi connectivity index (χ1v) is 6.94. The molecule has 2 aromatic rings. The molecule has 0 unspecified atom stereocenters. The summed E-state index contributed by atoms with van der Waals surface area (Å²) in [5.41, 5.74) is 1.11. The van der Waals surface area contributed by atoms with E-state index in [0.717, 1.165) is 12.8 Å². The zero-order valence-corrected chi connectivity index (χ0v) is 12.2. The molecule has 1 heterocycles. The molecule has 100 valence electrons. The minimum absolute atomic E-state index is 0.00168. The van der Waals surface area contributed by atoms with E-state index >= 15 is 0 Å². The molecule has 0 fully saturated rings. The van der Waals surface area contributed by atoms with E-state index in [-0.39, 0.29) is 5.75 Å². The van der Waals surface area contributed by atoms with E-state index in [0.29, 0.717) is 22.2 Å². The molecule has 0 saturated heterocycles. The zero-order chi connectivity index (χ0) is 13.8. The normalized spacial score (nSPS) is 10.6. The van der Waals surface area contributed by atoms with Crippen LogP contribution in [0.3, 0.4) is 0 Å². The van der Waals surface area contributed by atoms with Gasteiger partial charge in [-0.1, -0.05) is 30.3 Å². The summed E-state index contributed by atoms with van der Waals surface area (Å²) in [7, 11) is 0. The monoisotopic (exact) mass is 322 g/mol. The number of hydrogen-bond donors (Lipinski definition) is 1. The van der Waals surface area contributed by atoms with Gasteiger partial charge in [-0.15, -0.1) is 0 Å². The van der Waals surface area contributed by atoms with E-state index < -0.39 is 5.63 Å². The Hall–Kier alpha value is -1.55. The number of halogens is 1. The fraction of sp³-hybridized carbons (Fsp3) is 0.267. The Balaban J connectivity index is 2.08. The summed E-state index contributed by atoms with van der Waals surface area (Å²) < 4.78 is 5.52. The van der Waals surface area contributed by atoms with Gasteiger partial charge in [-0.05, 0) is 47.7 Å². The van der Waals surface area contributed by atoms with Gasteiger partial charge >= 0.3 is 5.63 Å². The van der Waals surface area contributed by atoms with Gasteiger partial charge in [-0.2, -0.15) is 0 Å². The standard InChI is InChI=1S/C15H15BrO3/c1-10-13(16)14(17)12(15(18)19-10)9-5-8-11-6-3-2-4-7-11/h2-4,6-7,17H,5,8-9H2,1H3. The van der Waals surface area contributed by atoms with Crippen LogP contribution in [0.1, 0.15) is 23.3 Å². The van der Waals surface area contributed by atoms with Gasteiger partial charge in [-0.3, -0.25) is 0 Å². The Morgan fingerprint density at radius 2 is 1.89 bits per heavy atom. The average Bonchev–Trinajstić information content (AvgIpc) is 2.41. The Bertz CT molecular complexity index is 617. The van der Waals surface area contributed by atoms with E-state index in [1.165, 1.54) is 5.56 Å². The maximum atomic E-state index is 11.7. The van der Waals surface area contributed by atoms with E-state index in [1.807, 2.05) is 30.3 Å². The van der Waals surface area contributed by atoms with Crippen molar-refractivity contribution >= 4 is 15.9 Å². The lowest BCUT2D eigenvalue weighted by molar-refractivity contribution is 0.415. The Labute approximate surface area is 120 Å². The molecular weight excluding hydrogens is 308 g/mol. The van der Waals surface area contributed by atoms with Crippen molar-refractivity contribution in [3.63, 3.8) is 0 Å². The van der Waals surface area contributed by atoms with Crippen LogP contribution in [0.25, 0.3) is 0 Å². The third kappa shape index (κ3) is 3.26. The zero-order valence-electron chi connectivity index (χ0n) is 10.6. The number of aryl methyl sites for hydroxylation is 2. The lowest BCUT2D eigenvalue weighted by Crippen LogP contribution is -2.09. The fourth-order valence-electron chi connectivity index (χ4n) is 1.98. The van der Waals surface area contributed by atoms with Gasteiger partial charge in [0, 0.05) is 0 Å². The molecule has 0 aliphatic rings. The molecule has 19 heavy (non-hydrogen) atoms. The Morgan fingerprint density at radius 3 is 2.58 bits per heavy atom. The summed E-state index contributed by atoms with van der Waals surface area (Å²) >= 11 is 3.22. The molecule has 0 aliphatic heterocycles. The highest BCUT2D eigenvalue weighted by atomic mass is 79.9. The fourth-order valence-corrected chi connectivity index (χ4v) is 2.30. The van der Waals surface area contributed by atoms with Gasteiger partial charge in [0.15, 0.2) is 0 Å². The van der Waals surface area contributed by atoms with Crippen molar-refractivity contribution in [1.82, 2.24) is 0 Å². The van der Waals surface area contributed by atoms with Crippen molar-refractivity contribution in [2.75, 3.05) is 0 Å². The molecule has 0 amide bonds. The highest BCUT2D eigenvalue weighted by Crippen LogP contribution is 2.29. The summed E-state index contributed by atoms with van der Waals surface area (Å²) in [6.07, 6.45) is 2.16. The molecular formula is C15H15BrO3. The molecule has 0 atom stereocenters. The second kappa shape index (κ2) is 6.06. The van der Waals surface area contributed by atoms with Crippen molar-refractivity contribution in [3.8, 4) is 5.75 Å². The lowest BCUT2D eigenvalue weighted by Gasteiger charge is -2.06. The second-order valence-corrected chi connectivity index (χ2v) is 5.22. The molecule has 0 aliphatic carbocycles. The van der Waals surface area contributed by atoms with E-state index in [4.69, 9.17) is 4.42 Å². The molecule has 1 N–H and O–H groups in total. The maximum absolute atomic E-state index is 11.7. The molecule has 0 bridgehead atoms. The molecule has 1 aromatic carbocycles. The number of aromatic hydroxyl groups is 1. The van der Waals surface area contributed by atoms with Gasteiger partial charge in [-0.25, -0.2) is 4.79 Å². The first kappa shape index (κ1) is 13.9. The smallest absolute Gasteiger partial charge is 0.342 e. The number of benzene rings is 1. The third-order valence-electron chi connectivity index (χ3n) is 3.03. The molecule has 0 spiro atoms. The SMILES string of the molecule is Cc1oc(=O)c(CCCc2ccccc2)c(O)c1Br. The van der Waals surface area contributed by atoms with Gasteiger partial charge in [0.2, 0.25) is 0 Å². The first-order chi connectivity index (χ1) is 9.09. The number of rotatable bonds is 4. The summed E-state index contributed by atoms with van der Waals surface area (Å²) in [5.74, 6) is 0.399. The van der Waals surface area contributed by atoms with Crippen molar-refractivity contribution in [2.45, 2.75) is 26.2 Å². The van der Waals surface area contributed by atoms with Crippen LogP contribution in [0.15, 0.2) is 44.0 Å². The highest BCUT2D eigenvalue weighted by Gasteiger charge is 2.14. The largest absolute Gasteiger partial charge is 0.506 e. The van der Waals surface area contributed by atoms with Crippen molar-refractivity contribution in [3.05, 3.63) is 62.1 Å². The van der Waals surface area contributed by atoms with Crippen LogP contribution in [-0.4, -0.2) is 5.11 Å². The quantitative estimate of drug-likeness (QED) is 0.935. The summed E-state index contributed by atoms with van der Waals surface area (Å²) in [5, 5.41) is 9.95. The summed E-state index contributed by atoms with van der Waals surface area (Å²) in [4.78, 5) is 11.7. The van der Waals surface area contributed by atoms with E-state index in [2.05, 4.69) is 15.9 Å². The molecule has 0 radical (unpaired) electrons. The van der Waals surface area contributed by atoms with Crippen LogP contribution >= 0.6 is 15.9 Å². The Kier molecular flexibility index (Phi) is 4.43. The van der Waals surface area contributed by atoms with Crippen molar-refractivity contribution in [1.29, 1.82) is 0 Å². The van der Waals surface area contributed by atoms with Gasteiger partial charge in [0.05, 0.1) is 10.0 Å². The van der Waals surface area contributed by atoms with Crippen LogP contribution in [0.4, 0.5) is 0 Å². The second-order valence-electron chi connectivity index (χ2n) is 4.43. The molecule has 0 saturated carbocycles. The average molecular weight is 323 g/mol. The molecule has 1 aromatic heterocycles. The molecule has 4 heteroatoms. The molecule has 2 rings (SSSR count). The summed E-state index contributed by atoms with van der Waals surface area (Å²) in [6.45, 7) is 1.64. The van der Waals surface area contributed by atoms with E-state index in [1.54, 1.807) is 6.92 Å². The lowest BCUT2D eigenvalue weighted by atomic mass is 10.0. The number of hydrogen-bond acceptors (Lipinski definition) is 3. The summed E-state index contributed by atoms with van der Waals surface area (Å²) in [6, 6.07) is 10.1. The van der Waals surface area contributed by atoms with Gasteiger partial charge < -0.3 is 9.52 Å². The maximum Gasteiger partial charge on any atom is 0.342 e. The molecule has 3 nitrogen and oxygen atoms in total. The minimum atomic E-state index is -0.453. The topological polar surface area (TPSA) is 50.4 Å². The first-order valence-electron chi connectivity index (χ1n) is 6.14. The third-order valence-corrected chi connectivity index (χ3v) is 3.96.